The van der Waals surface area contributed by atoms with Crippen molar-refractivity contribution in [2.75, 3.05) is 5.32 Å². The number of anilines is 2. The molecule has 0 saturated heterocycles. The van der Waals surface area contributed by atoms with Gasteiger partial charge in [-0.1, -0.05) is 23.5 Å². The molecule has 2 aromatic carbocycles. The van der Waals surface area contributed by atoms with Crippen LogP contribution in [0.25, 0.3) is 15.9 Å². The number of rotatable bonds is 2. The molecule has 0 bridgehead atoms. The summed E-state index contributed by atoms with van der Waals surface area (Å²) in [7, 11) is 0. The molecule has 0 atom stereocenters. The van der Waals surface area contributed by atoms with Gasteiger partial charge >= 0.3 is 0 Å². The summed E-state index contributed by atoms with van der Waals surface area (Å²) in [5, 5.41) is 8.44. The third-order valence-corrected chi connectivity index (χ3v) is 4.62. The van der Waals surface area contributed by atoms with Crippen molar-refractivity contribution in [1.29, 1.82) is 0 Å². The lowest BCUT2D eigenvalue weighted by molar-refractivity contribution is 0.629. The molecule has 2 aromatic heterocycles. The van der Waals surface area contributed by atoms with E-state index in [9.17, 15) is 9.18 Å². The van der Waals surface area contributed by atoms with Gasteiger partial charge in [-0.15, -0.1) is 5.10 Å². The summed E-state index contributed by atoms with van der Waals surface area (Å²) >= 11 is 1.25. The smallest absolute Gasteiger partial charge is 0.283 e. The minimum absolute atomic E-state index is 0.305. The van der Waals surface area contributed by atoms with E-state index in [1.807, 2.05) is 32.0 Å². The Kier molecular flexibility index (Phi) is 3.31. The highest BCUT2D eigenvalue weighted by Crippen LogP contribution is 2.25. The van der Waals surface area contributed by atoms with Crippen molar-refractivity contribution in [3.63, 3.8) is 0 Å². The molecule has 0 unspecified atom stereocenters. The first-order chi connectivity index (χ1) is 11.5. The Hall–Kier alpha value is -2.80. The van der Waals surface area contributed by atoms with Crippen molar-refractivity contribution in [2.24, 2.45) is 0 Å². The lowest BCUT2D eigenvalue weighted by Gasteiger charge is -2.06. The Labute approximate surface area is 140 Å². The maximum absolute atomic E-state index is 13.4. The molecule has 0 amide bonds. The highest BCUT2D eigenvalue weighted by atomic mass is 32.1. The Morgan fingerprint density at radius 3 is 2.83 bits per heavy atom. The average molecular weight is 340 g/mol. The molecule has 5 nitrogen and oxygen atoms in total. The molecule has 0 saturated carbocycles. The van der Waals surface area contributed by atoms with Crippen LogP contribution in [0.15, 0.2) is 41.2 Å². The standard InChI is InChI=1S/C17H13FN4OS/c1-9-3-4-10(2)13(7-9)19-16-21-22-15(23)12-6-5-11(18)8-14(12)20-17(22)24-16/h3-8H,1-2H3,(H,19,21). The number of benzene rings is 2. The van der Waals surface area contributed by atoms with Gasteiger partial charge in [0.2, 0.25) is 10.1 Å². The summed E-state index contributed by atoms with van der Waals surface area (Å²) in [6.07, 6.45) is 0. The molecular weight excluding hydrogens is 327 g/mol. The molecule has 7 heteroatoms. The van der Waals surface area contributed by atoms with Gasteiger partial charge in [0.25, 0.3) is 5.56 Å². The summed E-state index contributed by atoms with van der Waals surface area (Å²) in [6.45, 7) is 4.01. The molecule has 0 aliphatic rings. The maximum atomic E-state index is 13.4. The second kappa shape index (κ2) is 5.38. The molecule has 120 valence electrons. The van der Waals surface area contributed by atoms with E-state index in [2.05, 4.69) is 15.4 Å². The van der Waals surface area contributed by atoms with Crippen LogP contribution in [-0.2, 0) is 0 Å². The number of halogens is 1. The number of nitrogens with zero attached hydrogens (tertiary/aromatic N) is 3. The number of hydrogen-bond donors (Lipinski definition) is 1. The summed E-state index contributed by atoms with van der Waals surface area (Å²) < 4.78 is 14.6. The van der Waals surface area contributed by atoms with Crippen molar-refractivity contribution < 1.29 is 4.39 Å². The summed E-state index contributed by atoms with van der Waals surface area (Å²) in [4.78, 5) is 17.3. The van der Waals surface area contributed by atoms with Crippen LogP contribution in [0.1, 0.15) is 11.1 Å². The van der Waals surface area contributed by atoms with E-state index in [4.69, 9.17) is 0 Å². The normalized spacial score (nSPS) is 11.3. The zero-order valence-electron chi connectivity index (χ0n) is 13.0. The van der Waals surface area contributed by atoms with Crippen LogP contribution in [0, 0.1) is 19.7 Å². The van der Waals surface area contributed by atoms with Crippen LogP contribution in [0.5, 0.6) is 0 Å². The third-order valence-electron chi connectivity index (χ3n) is 3.79. The van der Waals surface area contributed by atoms with Gasteiger partial charge in [0.1, 0.15) is 5.82 Å². The largest absolute Gasteiger partial charge is 0.330 e. The first-order valence-corrected chi connectivity index (χ1v) is 8.16. The number of fused-ring (bicyclic) bond motifs is 2. The SMILES string of the molecule is Cc1ccc(C)c(Nc2nn3c(=O)c4ccc(F)cc4nc3s2)c1. The third kappa shape index (κ3) is 2.43. The fourth-order valence-corrected chi connectivity index (χ4v) is 3.33. The molecule has 0 radical (unpaired) electrons. The second-order valence-corrected chi connectivity index (χ2v) is 6.58. The van der Waals surface area contributed by atoms with E-state index in [0.717, 1.165) is 16.8 Å². The summed E-state index contributed by atoms with van der Waals surface area (Å²) in [6, 6.07) is 10.0. The molecule has 24 heavy (non-hydrogen) atoms. The van der Waals surface area contributed by atoms with Crippen LogP contribution in [0.2, 0.25) is 0 Å². The number of aryl methyl sites for hydroxylation is 2. The fourth-order valence-electron chi connectivity index (χ4n) is 2.52. The van der Waals surface area contributed by atoms with Crippen molar-refractivity contribution in [1.82, 2.24) is 14.6 Å². The molecule has 1 N–H and O–H groups in total. The lowest BCUT2D eigenvalue weighted by Crippen LogP contribution is -2.15. The second-order valence-electron chi connectivity index (χ2n) is 5.62. The zero-order chi connectivity index (χ0) is 16.8. The molecular formula is C17H13FN4OS. The molecule has 0 aliphatic heterocycles. The monoisotopic (exact) mass is 340 g/mol. The fraction of sp³-hybridized carbons (Fsp3) is 0.118. The van der Waals surface area contributed by atoms with E-state index in [0.29, 0.717) is 21.0 Å². The predicted molar refractivity (Wildman–Crippen MR) is 93.8 cm³/mol. The number of aromatic nitrogens is 3. The van der Waals surface area contributed by atoms with E-state index in [1.165, 1.54) is 34.1 Å². The van der Waals surface area contributed by atoms with Gasteiger partial charge in [-0.2, -0.15) is 4.52 Å². The quantitative estimate of drug-likeness (QED) is 0.603. The van der Waals surface area contributed by atoms with Crippen molar-refractivity contribution in [2.45, 2.75) is 13.8 Å². The Bertz CT molecular complexity index is 1150. The summed E-state index contributed by atoms with van der Waals surface area (Å²) in [5.74, 6) is -0.419. The van der Waals surface area contributed by atoms with Crippen molar-refractivity contribution in [3.8, 4) is 0 Å². The highest BCUT2D eigenvalue weighted by molar-refractivity contribution is 7.20. The van der Waals surface area contributed by atoms with Gasteiger partial charge in [0.15, 0.2) is 0 Å². The van der Waals surface area contributed by atoms with Gasteiger partial charge < -0.3 is 5.32 Å². The highest BCUT2D eigenvalue weighted by Gasteiger charge is 2.12. The van der Waals surface area contributed by atoms with Gasteiger partial charge in [0, 0.05) is 11.8 Å². The molecule has 0 spiro atoms. The molecule has 4 rings (SSSR count). The van der Waals surface area contributed by atoms with Gasteiger partial charge in [0.05, 0.1) is 10.9 Å². The first kappa shape index (κ1) is 14.8. The maximum Gasteiger partial charge on any atom is 0.283 e. The zero-order valence-corrected chi connectivity index (χ0v) is 13.8. The molecule has 0 fully saturated rings. The Morgan fingerprint density at radius 1 is 1.17 bits per heavy atom. The number of nitrogens with one attached hydrogen (secondary N) is 1. The molecule has 0 aliphatic carbocycles. The van der Waals surface area contributed by atoms with E-state index in [1.54, 1.807) is 0 Å². The van der Waals surface area contributed by atoms with Crippen LogP contribution in [0.3, 0.4) is 0 Å². The van der Waals surface area contributed by atoms with E-state index in [-0.39, 0.29) is 5.56 Å². The predicted octanol–water partition coefficient (Wildman–Crippen LogP) is 3.80. The van der Waals surface area contributed by atoms with Gasteiger partial charge in [-0.05, 0) is 43.2 Å². The number of hydrogen-bond acceptors (Lipinski definition) is 5. The van der Waals surface area contributed by atoms with Gasteiger partial charge in [-0.25, -0.2) is 9.37 Å². The van der Waals surface area contributed by atoms with Crippen LogP contribution >= 0.6 is 11.3 Å². The van der Waals surface area contributed by atoms with Crippen LogP contribution in [-0.4, -0.2) is 14.6 Å². The van der Waals surface area contributed by atoms with E-state index >= 15 is 0 Å². The Balaban J connectivity index is 1.86. The molecule has 4 aromatic rings. The lowest BCUT2D eigenvalue weighted by atomic mass is 10.1. The van der Waals surface area contributed by atoms with Crippen molar-refractivity contribution >= 4 is 38.0 Å². The van der Waals surface area contributed by atoms with Gasteiger partial charge in [-0.3, -0.25) is 4.79 Å². The van der Waals surface area contributed by atoms with Crippen molar-refractivity contribution in [3.05, 3.63) is 63.7 Å². The topological polar surface area (TPSA) is 59.3 Å². The summed E-state index contributed by atoms with van der Waals surface area (Å²) in [5.41, 5.74) is 3.16. The first-order valence-electron chi connectivity index (χ1n) is 7.35. The van der Waals surface area contributed by atoms with Crippen LogP contribution < -0.4 is 10.9 Å². The van der Waals surface area contributed by atoms with Crippen LogP contribution in [0.4, 0.5) is 15.2 Å². The average Bonchev–Trinajstić information content (AvgIpc) is 2.93. The minimum atomic E-state index is -0.419. The molecule has 2 heterocycles. The minimum Gasteiger partial charge on any atom is -0.330 e. The Morgan fingerprint density at radius 2 is 2.00 bits per heavy atom. The van der Waals surface area contributed by atoms with E-state index < -0.39 is 5.82 Å².